The number of allylic oxidation sites excluding steroid dienone is 1. The molecule has 0 saturated carbocycles. The molecule has 0 atom stereocenters. The van der Waals surface area contributed by atoms with Crippen molar-refractivity contribution in [1.29, 1.82) is 0 Å². The smallest absolute Gasteiger partial charge is 0.281 e. The highest BCUT2D eigenvalue weighted by Crippen LogP contribution is 2.36. The topological polar surface area (TPSA) is 68.0 Å². The SMILES string of the molecule is Cc1ccc2c(c1)c(=O)nc1n2CC(O)=C1c1nc2ccccc2s1. The predicted octanol–water partition coefficient (Wildman–Crippen LogP) is 3.65. The van der Waals surface area contributed by atoms with E-state index in [0.717, 1.165) is 21.3 Å². The summed E-state index contributed by atoms with van der Waals surface area (Å²) >= 11 is 1.49. The minimum Gasteiger partial charge on any atom is -0.510 e. The molecule has 1 aliphatic heterocycles. The van der Waals surface area contributed by atoms with Crippen molar-refractivity contribution in [2.45, 2.75) is 13.5 Å². The van der Waals surface area contributed by atoms with Gasteiger partial charge in [0, 0.05) is 0 Å². The summed E-state index contributed by atoms with van der Waals surface area (Å²) in [5.41, 5.74) is 2.94. The molecule has 5 nitrogen and oxygen atoms in total. The van der Waals surface area contributed by atoms with E-state index in [-0.39, 0.29) is 11.3 Å². The summed E-state index contributed by atoms with van der Waals surface area (Å²) in [6.07, 6.45) is 0. The molecule has 0 unspecified atom stereocenters. The third-order valence-electron chi connectivity index (χ3n) is 4.46. The van der Waals surface area contributed by atoms with Crippen molar-refractivity contribution in [3.8, 4) is 0 Å². The third kappa shape index (κ3) is 2.04. The van der Waals surface area contributed by atoms with Gasteiger partial charge in [0.1, 0.15) is 10.8 Å². The van der Waals surface area contributed by atoms with Gasteiger partial charge in [-0.2, -0.15) is 4.98 Å². The summed E-state index contributed by atoms with van der Waals surface area (Å²) in [7, 11) is 0. The van der Waals surface area contributed by atoms with Gasteiger partial charge in [-0.25, -0.2) is 4.98 Å². The Bertz CT molecular complexity index is 1230. The summed E-state index contributed by atoms with van der Waals surface area (Å²) in [6, 6.07) is 13.5. The predicted molar refractivity (Wildman–Crippen MR) is 99.0 cm³/mol. The maximum Gasteiger partial charge on any atom is 0.281 e. The van der Waals surface area contributed by atoms with Crippen molar-refractivity contribution in [1.82, 2.24) is 14.5 Å². The molecular weight excluding hydrogens is 334 g/mol. The van der Waals surface area contributed by atoms with Gasteiger partial charge in [-0.15, -0.1) is 11.3 Å². The molecule has 2 aromatic heterocycles. The summed E-state index contributed by atoms with van der Waals surface area (Å²) in [6.45, 7) is 2.24. The fourth-order valence-corrected chi connectivity index (χ4v) is 4.32. The normalized spacial score (nSPS) is 13.8. The number of aryl methyl sites for hydroxylation is 1. The number of aliphatic hydroxyl groups excluding tert-OH is 1. The number of aromatic nitrogens is 3. The molecule has 0 aliphatic carbocycles. The van der Waals surface area contributed by atoms with Crippen LogP contribution in [-0.4, -0.2) is 19.6 Å². The fraction of sp³-hybridized carbons (Fsp3) is 0.105. The van der Waals surface area contributed by atoms with Crippen molar-refractivity contribution in [3.63, 3.8) is 0 Å². The second-order valence-electron chi connectivity index (χ2n) is 6.16. The van der Waals surface area contributed by atoms with Gasteiger partial charge in [-0.05, 0) is 31.2 Å². The number of hydrogen-bond acceptors (Lipinski definition) is 5. The largest absolute Gasteiger partial charge is 0.510 e. The number of thiazole rings is 1. The van der Waals surface area contributed by atoms with Gasteiger partial charge in [0.05, 0.1) is 33.2 Å². The van der Waals surface area contributed by atoms with Gasteiger partial charge in [0.25, 0.3) is 5.56 Å². The zero-order valence-corrected chi connectivity index (χ0v) is 14.2. The molecule has 4 aromatic rings. The first-order valence-electron chi connectivity index (χ1n) is 7.91. The van der Waals surface area contributed by atoms with Gasteiger partial charge >= 0.3 is 0 Å². The molecule has 0 amide bonds. The van der Waals surface area contributed by atoms with Crippen molar-refractivity contribution in [3.05, 3.63) is 75.0 Å². The standard InChI is InChI=1S/C19H13N3O2S/c1-10-6-7-13-11(8-10)18(24)21-17-16(14(23)9-22(13)17)19-20-12-4-2-3-5-15(12)25-19/h2-8,23H,9H2,1H3. The molecule has 1 N–H and O–H groups in total. The molecule has 25 heavy (non-hydrogen) atoms. The highest BCUT2D eigenvalue weighted by molar-refractivity contribution is 7.19. The van der Waals surface area contributed by atoms with Crippen LogP contribution in [0.4, 0.5) is 0 Å². The first-order valence-corrected chi connectivity index (χ1v) is 8.73. The van der Waals surface area contributed by atoms with E-state index < -0.39 is 0 Å². The van der Waals surface area contributed by atoms with Crippen LogP contribution in [0.1, 0.15) is 16.4 Å². The number of nitrogens with zero attached hydrogens (tertiary/aromatic N) is 3. The lowest BCUT2D eigenvalue weighted by atomic mass is 10.1. The zero-order chi connectivity index (χ0) is 17.1. The Balaban J connectivity index is 1.79. The lowest BCUT2D eigenvalue weighted by Crippen LogP contribution is -2.15. The first kappa shape index (κ1) is 14.4. The minimum atomic E-state index is -0.279. The number of benzene rings is 2. The van der Waals surface area contributed by atoms with Crippen LogP contribution in [0.2, 0.25) is 0 Å². The van der Waals surface area contributed by atoms with E-state index in [1.54, 1.807) is 0 Å². The van der Waals surface area contributed by atoms with Gasteiger partial charge in [-0.1, -0.05) is 23.8 Å². The van der Waals surface area contributed by atoms with Crippen LogP contribution in [0, 0.1) is 6.92 Å². The number of hydrogen-bond donors (Lipinski definition) is 1. The van der Waals surface area contributed by atoms with Crippen LogP contribution >= 0.6 is 11.3 Å². The fourth-order valence-electron chi connectivity index (χ4n) is 3.29. The Morgan fingerprint density at radius 3 is 2.84 bits per heavy atom. The molecule has 0 spiro atoms. The molecule has 1 aliphatic rings. The molecule has 0 saturated heterocycles. The highest BCUT2D eigenvalue weighted by atomic mass is 32.1. The number of aliphatic hydroxyl groups is 1. The van der Waals surface area contributed by atoms with Gasteiger partial charge in [0.2, 0.25) is 0 Å². The van der Waals surface area contributed by atoms with E-state index in [0.29, 0.717) is 28.3 Å². The Hall–Kier alpha value is -2.99. The average Bonchev–Trinajstić information content (AvgIpc) is 3.15. The van der Waals surface area contributed by atoms with Crippen LogP contribution in [0.15, 0.2) is 53.0 Å². The highest BCUT2D eigenvalue weighted by Gasteiger charge is 2.28. The second-order valence-corrected chi connectivity index (χ2v) is 7.19. The van der Waals surface area contributed by atoms with Crippen molar-refractivity contribution >= 4 is 38.0 Å². The molecular formula is C19H13N3O2S. The van der Waals surface area contributed by atoms with Crippen molar-refractivity contribution in [2.75, 3.05) is 0 Å². The Morgan fingerprint density at radius 2 is 2.00 bits per heavy atom. The molecule has 122 valence electrons. The Labute approximate surface area is 146 Å². The van der Waals surface area contributed by atoms with E-state index in [1.165, 1.54) is 11.3 Å². The van der Waals surface area contributed by atoms with E-state index in [4.69, 9.17) is 0 Å². The molecule has 5 rings (SSSR count). The van der Waals surface area contributed by atoms with E-state index in [2.05, 4.69) is 9.97 Å². The zero-order valence-electron chi connectivity index (χ0n) is 13.4. The second kappa shape index (κ2) is 5.00. The maximum absolute atomic E-state index is 12.5. The first-order chi connectivity index (χ1) is 12.1. The molecule has 0 fully saturated rings. The summed E-state index contributed by atoms with van der Waals surface area (Å²) < 4.78 is 2.92. The molecule has 0 bridgehead atoms. The van der Waals surface area contributed by atoms with Crippen molar-refractivity contribution < 1.29 is 5.11 Å². The van der Waals surface area contributed by atoms with E-state index >= 15 is 0 Å². The van der Waals surface area contributed by atoms with E-state index in [9.17, 15) is 9.90 Å². The van der Waals surface area contributed by atoms with Gasteiger partial charge < -0.3 is 9.67 Å². The van der Waals surface area contributed by atoms with Crippen LogP contribution in [0.25, 0.3) is 26.7 Å². The summed E-state index contributed by atoms with van der Waals surface area (Å²) in [4.78, 5) is 21.4. The third-order valence-corrected chi connectivity index (χ3v) is 5.52. The lowest BCUT2D eigenvalue weighted by Gasteiger charge is -2.09. The minimum absolute atomic E-state index is 0.194. The van der Waals surface area contributed by atoms with E-state index in [1.807, 2.05) is 54.0 Å². The van der Waals surface area contributed by atoms with Gasteiger partial charge in [-0.3, -0.25) is 4.79 Å². The Kier molecular flexibility index (Phi) is 2.87. The van der Waals surface area contributed by atoms with Crippen LogP contribution in [-0.2, 0) is 6.54 Å². The van der Waals surface area contributed by atoms with Gasteiger partial charge in [0.15, 0.2) is 5.82 Å². The Morgan fingerprint density at radius 1 is 1.16 bits per heavy atom. The molecule has 6 heteroatoms. The number of rotatable bonds is 1. The monoisotopic (exact) mass is 347 g/mol. The summed E-state index contributed by atoms with van der Waals surface area (Å²) in [5.74, 6) is 0.678. The van der Waals surface area contributed by atoms with Crippen molar-refractivity contribution in [2.24, 2.45) is 0 Å². The molecule has 0 radical (unpaired) electrons. The number of fused-ring (bicyclic) bond motifs is 4. The van der Waals surface area contributed by atoms with Crippen LogP contribution in [0.5, 0.6) is 0 Å². The average molecular weight is 347 g/mol. The number of para-hydroxylation sites is 1. The van der Waals surface area contributed by atoms with Crippen LogP contribution < -0.4 is 5.56 Å². The maximum atomic E-state index is 12.5. The molecule has 3 heterocycles. The quantitative estimate of drug-likeness (QED) is 0.571. The lowest BCUT2D eigenvalue weighted by molar-refractivity contribution is 0.389. The van der Waals surface area contributed by atoms with Crippen LogP contribution in [0.3, 0.4) is 0 Å². The summed E-state index contributed by atoms with van der Waals surface area (Å²) in [5, 5.41) is 11.8. The molecule has 2 aromatic carbocycles.